The molecule has 0 radical (unpaired) electrons. The van der Waals surface area contributed by atoms with Crippen LogP contribution in [0.2, 0.25) is 0 Å². The summed E-state index contributed by atoms with van der Waals surface area (Å²) in [4.78, 5) is 28.5. The van der Waals surface area contributed by atoms with E-state index in [1.807, 2.05) is 135 Å². The zero-order valence-corrected chi connectivity index (χ0v) is 27.6. The van der Waals surface area contributed by atoms with Crippen LogP contribution in [0, 0.1) is 5.41 Å². The van der Waals surface area contributed by atoms with Crippen LogP contribution in [0.5, 0.6) is 0 Å². The number of aliphatic hydroxyl groups is 2. The Balaban J connectivity index is 1.36. The molecule has 0 unspecified atom stereocenters. The van der Waals surface area contributed by atoms with Crippen molar-refractivity contribution in [3.05, 3.63) is 144 Å². The van der Waals surface area contributed by atoms with Crippen molar-refractivity contribution in [2.75, 3.05) is 0 Å². The molecule has 0 aromatic heterocycles. The van der Waals surface area contributed by atoms with Gasteiger partial charge < -0.3 is 20.8 Å². The third-order valence-electron chi connectivity index (χ3n) is 10.0. The fraction of sp³-hybridized carbons (Fsp3) is 0.366. The first-order valence-electron chi connectivity index (χ1n) is 16.8. The van der Waals surface area contributed by atoms with Crippen LogP contribution in [0.25, 0.3) is 0 Å². The highest BCUT2D eigenvalue weighted by molar-refractivity contribution is 6.05. The first-order chi connectivity index (χ1) is 22.6. The van der Waals surface area contributed by atoms with E-state index >= 15 is 0 Å². The Labute approximate surface area is 279 Å². The SMILES string of the molecule is C[C@@H](NC(=O)C1(C(=O)N[C@H](C)C(O)(Cc2ccccc2)Cc2ccccc2)CCCC1)C(O)(Cc1ccccc1)Cc1ccccc1. The maximum absolute atomic E-state index is 14.2. The summed E-state index contributed by atoms with van der Waals surface area (Å²) in [5.41, 5.74) is -0.0316. The van der Waals surface area contributed by atoms with E-state index in [0.717, 1.165) is 35.1 Å². The molecule has 1 saturated carbocycles. The largest absolute Gasteiger partial charge is 0.387 e. The summed E-state index contributed by atoms with van der Waals surface area (Å²) in [5.74, 6) is -0.747. The van der Waals surface area contributed by atoms with E-state index in [0.29, 0.717) is 38.5 Å². The van der Waals surface area contributed by atoms with Gasteiger partial charge >= 0.3 is 0 Å². The predicted octanol–water partition coefficient (Wildman–Crippen LogP) is 5.99. The van der Waals surface area contributed by atoms with E-state index in [1.54, 1.807) is 0 Å². The fourth-order valence-corrected chi connectivity index (χ4v) is 7.01. The van der Waals surface area contributed by atoms with Crippen LogP contribution in [-0.2, 0) is 35.3 Å². The number of hydrogen-bond acceptors (Lipinski definition) is 4. The van der Waals surface area contributed by atoms with Crippen molar-refractivity contribution in [2.45, 2.75) is 88.5 Å². The zero-order valence-electron chi connectivity index (χ0n) is 27.6. The van der Waals surface area contributed by atoms with E-state index < -0.39 is 28.7 Å². The van der Waals surface area contributed by atoms with Gasteiger partial charge in [-0.25, -0.2) is 0 Å². The predicted molar refractivity (Wildman–Crippen MR) is 187 cm³/mol. The molecule has 47 heavy (non-hydrogen) atoms. The molecule has 2 atom stereocenters. The normalized spacial score (nSPS) is 15.8. The zero-order chi connectivity index (χ0) is 33.3. The third kappa shape index (κ3) is 8.37. The molecule has 6 nitrogen and oxygen atoms in total. The van der Waals surface area contributed by atoms with Crippen LogP contribution in [-0.4, -0.2) is 45.3 Å². The van der Waals surface area contributed by atoms with Crippen LogP contribution >= 0.6 is 0 Å². The number of hydrogen-bond donors (Lipinski definition) is 4. The second kappa shape index (κ2) is 15.1. The summed E-state index contributed by atoms with van der Waals surface area (Å²) in [6, 6.07) is 37.8. The van der Waals surface area contributed by atoms with Crippen LogP contribution in [0.3, 0.4) is 0 Å². The maximum Gasteiger partial charge on any atom is 0.236 e. The Kier molecular flexibility index (Phi) is 10.9. The molecular weight excluding hydrogens is 584 g/mol. The lowest BCUT2D eigenvalue weighted by Gasteiger charge is -2.39. The number of amides is 2. The van der Waals surface area contributed by atoms with Crippen LogP contribution in [0.4, 0.5) is 0 Å². The Bertz CT molecular complexity index is 1370. The number of rotatable bonds is 14. The summed E-state index contributed by atoms with van der Waals surface area (Å²) in [5, 5.41) is 30.6. The summed E-state index contributed by atoms with van der Waals surface area (Å²) in [6.07, 6.45) is 3.68. The van der Waals surface area contributed by atoms with Crippen molar-refractivity contribution in [3.8, 4) is 0 Å². The molecule has 1 fully saturated rings. The van der Waals surface area contributed by atoms with Gasteiger partial charge in [0.25, 0.3) is 0 Å². The summed E-state index contributed by atoms with van der Waals surface area (Å²) in [7, 11) is 0. The van der Waals surface area contributed by atoms with Crippen molar-refractivity contribution >= 4 is 11.8 Å². The molecule has 5 rings (SSSR count). The molecule has 1 aliphatic rings. The van der Waals surface area contributed by atoms with Gasteiger partial charge in [-0.3, -0.25) is 9.59 Å². The Morgan fingerprint density at radius 3 is 1.06 bits per heavy atom. The van der Waals surface area contributed by atoms with Crippen LogP contribution < -0.4 is 10.6 Å². The number of nitrogens with one attached hydrogen (secondary N) is 2. The van der Waals surface area contributed by atoms with Gasteiger partial charge in [0.2, 0.25) is 11.8 Å². The Morgan fingerprint density at radius 2 is 0.809 bits per heavy atom. The lowest BCUT2D eigenvalue weighted by Crippen LogP contribution is -2.61. The monoisotopic (exact) mass is 632 g/mol. The van der Waals surface area contributed by atoms with Crippen LogP contribution in [0.1, 0.15) is 61.8 Å². The standard InChI is InChI=1S/C41H48N2O4/c1-31(40(46,27-33-17-7-3-8-18-33)28-34-19-9-4-10-20-34)42-37(44)39(25-15-16-26-39)38(45)43-32(2)41(47,29-35-21-11-5-12-22-35)30-36-23-13-6-14-24-36/h3-14,17-24,31-32,46-47H,15-16,25-30H2,1-2H3,(H,42,44)(H,43,45)/t31-,32-/m1/s1. The minimum atomic E-state index is -1.30. The van der Waals surface area contributed by atoms with Gasteiger partial charge in [0.15, 0.2) is 0 Å². The molecule has 0 spiro atoms. The smallest absolute Gasteiger partial charge is 0.236 e. The van der Waals surface area contributed by atoms with Gasteiger partial charge in [-0.2, -0.15) is 0 Å². The Hall–Kier alpha value is -4.26. The maximum atomic E-state index is 14.2. The molecule has 4 aromatic rings. The number of benzene rings is 4. The van der Waals surface area contributed by atoms with Gasteiger partial charge in [-0.1, -0.05) is 134 Å². The molecule has 246 valence electrons. The summed E-state index contributed by atoms with van der Waals surface area (Å²) < 4.78 is 0. The lowest BCUT2D eigenvalue weighted by molar-refractivity contribution is -0.146. The second-order valence-electron chi connectivity index (χ2n) is 13.5. The minimum absolute atomic E-state index is 0.340. The average molecular weight is 633 g/mol. The highest BCUT2D eigenvalue weighted by Crippen LogP contribution is 2.40. The van der Waals surface area contributed by atoms with E-state index in [-0.39, 0.29) is 11.8 Å². The van der Waals surface area contributed by atoms with Crippen molar-refractivity contribution in [3.63, 3.8) is 0 Å². The molecule has 4 N–H and O–H groups in total. The third-order valence-corrected chi connectivity index (χ3v) is 10.0. The van der Waals surface area contributed by atoms with Crippen molar-refractivity contribution in [2.24, 2.45) is 5.41 Å². The molecule has 4 aromatic carbocycles. The molecular formula is C41H48N2O4. The number of carbonyl (C=O) groups is 2. The molecule has 0 bridgehead atoms. The highest BCUT2D eigenvalue weighted by atomic mass is 16.3. The summed E-state index contributed by atoms with van der Waals surface area (Å²) >= 11 is 0. The first kappa shape index (κ1) is 34.1. The van der Waals surface area contributed by atoms with Gasteiger partial charge in [-0.15, -0.1) is 0 Å². The van der Waals surface area contributed by atoms with E-state index in [4.69, 9.17) is 0 Å². The van der Waals surface area contributed by atoms with Crippen molar-refractivity contribution in [1.29, 1.82) is 0 Å². The molecule has 1 aliphatic carbocycles. The van der Waals surface area contributed by atoms with E-state index in [2.05, 4.69) is 10.6 Å². The van der Waals surface area contributed by atoms with Gasteiger partial charge in [0.1, 0.15) is 5.41 Å². The molecule has 2 amide bonds. The van der Waals surface area contributed by atoms with Gasteiger partial charge in [-0.05, 0) is 48.9 Å². The lowest BCUT2D eigenvalue weighted by atomic mass is 9.79. The van der Waals surface area contributed by atoms with Gasteiger partial charge in [0.05, 0.1) is 23.3 Å². The second-order valence-corrected chi connectivity index (χ2v) is 13.5. The van der Waals surface area contributed by atoms with Crippen molar-refractivity contribution < 1.29 is 19.8 Å². The van der Waals surface area contributed by atoms with Gasteiger partial charge in [0, 0.05) is 25.7 Å². The molecule has 0 heterocycles. The summed E-state index contributed by atoms with van der Waals surface area (Å²) in [6.45, 7) is 3.65. The average Bonchev–Trinajstić information content (AvgIpc) is 3.58. The van der Waals surface area contributed by atoms with E-state index in [1.165, 1.54) is 0 Å². The molecule has 0 saturated heterocycles. The fourth-order valence-electron chi connectivity index (χ4n) is 7.01. The van der Waals surface area contributed by atoms with Crippen molar-refractivity contribution in [1.82, 2.24) is 10.6 Å². The quantitative estimate of drug-likeness (QED) is 0.128. The Morgan fingerprint density at radius 1 is 0.553 bits per heavy atom. The highest BCUT2D eigenvalue weighted by Gasteiger charge is 2.51. The topological polar surface area (TPSA) is 98.7 Å². The first-order valence-corrected chi connectivity index (χ1v) is 16.8. The molecule has 0 aliphatic heterocycles. The van der Waals surface area contributed by atoms with E-state index in [9.17, 15) is 19.8 Å². The molecule has 6 heteroatoms. The number of carbonyl (C=O) groups excluding carboxylic acids is 2. The van der Waals surface area contributed by atoms with Crippen LogP contribution in [0.15, 0.2) is 121 Å². The minimum Gasteiger partial charge on any atom is -0.387 e.